The van der Waals surface area contributed by atoms with E-state index in [0.717, 1.165) is 39.5 Å². The van der Waals surface area contributed by atoms with Crippen molar-refractivity contribution >= 4 is 22.9 Å². The molecule has 0 atom stereocenters. The van der Waals surface area contributed by atoms with Gasteiger partial charge in [0.25, 0.3) is 0 Å². The summed E-state index contributed by atoms with van der Waals surface area (Å²) in [6.45, 7) is 4.00. The molecule has 0 aliphatic carbocycles. The molecule has 3 aromatic rings. The van der Waals surface area contributed by atoms with Crippen LogP contribution in [0, 0.1) is 0 Å². The molecule has 0 spiro atoms. The van der Waals surface area contributed by atoms with Crippen molar-refractivity contribution in [3.05, 3.63) is 60.2 Å². The van der Waals surface area contributed by atoms with E-state index >= 15 is 0 Å². The maximum absolute atomic E-state index is 10.6. The highest BCUT2D eigenvalue weighted by Crippen LogP contribution is 2.28. The predicted molar refractivity (Wildman–Crippen MR) is 96.2 cm³/mol. The van der Waals surface area contributed by atoms with Gasteiger partial charge in [-0.15, -0.1) is 0 Å². The van der Waals surface area contributed by atoms with Crippen LogP contribution in [0.3, 0.4) is 0 Å². The van der Waals surface area contributed by atoms with E-state index in [-0.39, 0.29) is 6.10 Å². The summed E-state index contributed by atoms with van der Waals surface area (Å²) in [7, 11) is 0. The Hall–Kier alpha value is -3.01. The van der Waals surface area contributed by atoms with Gasteiger partial charge in [-0.3, -0.25) is 0 Å². The van der Waals surface area contributed by atoms with Crippen molar-refractivity contribution in [2.45, 2.75) is 20.0 Å². The second-order valence-corrected chi connectivity index (χ2v) is 5.90. The number of hydrogen-bond donors (Lipinski definition) is 2. The first-order valence-electron chi connectivity index (χ1n) is 7.82. The molecular formula is C20H19NO3. The average molecular weight is 321 g/mol. The van der Waals surface area contributed by atoms with Crippen LogP contribution >= 0.6 is 0 Å². The van der Waals surface area contributed by atoms with Crippen molar-refractivity contribution in [3.8, 4) is 17.0 Å². The minimum absolute atomic E-state index is 0.131. The molecule has 0 unspecified atom stereocenters. The fourth-order valence-electron chi connectivity index (χ4n) is 2.59. The zero-order valence-corrected chi connectivity index (χ0v) is 13.6. The topological polar surface area (TPSA) is 62.3 Å². The lowest BCUT2D eigenvalue weighted by Gasteiger charge is -2.10. The van der Waals surface area contributed by atoms with Crippen LogP contribution in [0.15, 0.2) is 54.6 Å². The van der Waals surface area contributed by atoms with E-state index in [1.807, 2.05) is 56.3 Å². The van der Waals surface area contributed by atoms with Crippen molar-refractivity contribution in [1.29, 1.82) is 0 Å². The number of aromatic amines is 1. The Bertz CT molecular complexity index is 906. The summed E-state index contributed by atoms with van der Waals surface area (Å²) in [6.07, 6.45) is 2.86. The molecule has 3 rings (SSSR count). The zero-order valence-electron chi connectivity index (χ0n) is 13.6. The molecule has 122 valence electrons. The van der Waals surface area contributed by atoms with Crippen LogP contribution in [0.1, 0.15) is 19.4 Å². The molecule has 0 aliphatic heterocycles. The Balaban J connectivity index is 1.94. The number of carbonyl (C=O) groups is 1. The third-order valence-electron chi connectivity index (χ3n) is 3.58. The monoisotopic (exact) mass is 321 g/mol. The first-order valence-corrected chi connectivity index (χ1v) is 7.82. The lowest BCUT2D eigenvalue weighted by Crippen LogP contribution is -2.05. The van der Waals surface area contributed by atoms with Gasteiger partial charge in [0.1, 0.15) is 5.75 Å². The zero-order chi connectivity index (χ0) is 17.1. The fourth-order valence-corrected chi connectivity index (χ4v) is 2.59. The quantitative estimate of drug-likeness (QED) is 0.668. The lowest BCUT2D eigenvalue weighted by atomic mass is 10.1. The first-order chi connectivity index (χ1) is 11.5. The Kier molecular flexibility index (Phi) is 4.38. The first kappa shape index (κ1) is 15.9. The van der Waals surface area contributed by atoms with Gasteiger partial charge in [0, 0.05) is 28.2 Å². The van der Waals surface area contributed by atoms with Crippen molar-refractivity contribution in [3.63, 3.8) is 0 Å². The van der Waals surface area contributed by atoms with Crippen LogP contribution in [0.4, 0.5) is 0 Å². The summed E-state index contributed by atoms with van der Waals surface area (Å²) in [5.41, 5.74) is 3.91. The Morgan fingerprint density at radius 1 is 1.17 bits per heavy atom. The van der Waals surface area contributed by atoms with Gasteiger partial charge < -0.3 is 14.8 Å². The van der Waals surface area contributed by atoms with Crippen molar-refractivity contribution < 1.29 is 14.6 Å². The smallest absolute Gasteiger partial charge is 0.328 e. The largest absolute Gasteiger partial charge is 0.491 e. The van der Waals surface area contributed by atoms with Gasteiger partial charge >= 0.3 is 5.97 Å². The molecule has 1 heterocycles. The second kappa shape index (κ2) is 6.62. The highest BCUT2D eigenvalue weighted by molar-refractivity contribution is 5.90. The number of carboxylic acids is 1. The van der Waals surface area contributed by atoms with Crippen LogP contribution in [-0.2, 0) is 4.79 Å². The number of hydrogen-bond acceptors (Lipinski definition) is 2. The van der Waals surface area contributed by atoms with E-state index in [1.165, 1.54) is 0 Å². The Labute approximate surface area is 140 Å². The van der Waals surface area contributed by atoms with Crippen LogP contribution in [0.25, 0.3) is 28.2 Å². The fraction of sp³-hybridized carbons (Fsp3) is 0.150. The summed E-state index contributed by atoms with van der Waals surface area (Å²) < 4.78 is 5.75. The van der Waals surface area contributed by atoms with Gasteiger partial charge in [0.2, 0.25) is 0 Å². The molecule has 2 aromatic carbocycles. The van der Waals surface area contributed by atoms with Crippen molar-refractivity contribution in [1.82, 2.24) is 4.98 Å². The number of H-pyrrole nitrogens is 1. The summed E-state index contributed by atoms with van der Waals surface area (Å²) in [5, 5.41) is 9.76. The van der Waals surface area contributed by atoms with Crippen LogP contribution in [0.5, 0.6) is 5.75 Å². The number of aromatic nitrogens is 1. The van der Waals surface area contributed by atoms with Crippen LogP contribution < -0.4 is 4.74 Å². The SMILES string of the molecule is CC(C)Oc1cccc(-c2cc3cc(/C=C/C(=O)O)ccc3[nH]2)c1. The van der Waals surface area contributed by atoms with Gasteiger partial charge in [0.05, 0.1) is 6.10 Å². The molecule has 4 heteroatoms. The number of fused-ring (bicyclic) bond motifs is 1. The molecule has 4 nitrogen and oxygen atoms in total. The maximum Gasteiger partial charge on any atom is 0.328 e. The molecule has 0 saturated heterocycles. The molecule has 0 bridgehead atoms. The summed E-state index contributed by atoms with van der Waals surface area (Å²) in [6, 6.07) is 15.8. The number of carboxylic acid groups (broad SMARTS) is 1. The van der Waals surface area contributed by atoms with E-state index in [1.54, 1.807) is 6.08 Å². The lowest BCUT2D eigenvalue weighted by molar-refractivity contribution is -0.131. The predicted octanol–water partition coefficient (Wildman–Crippen LogP) is 4.72. The molecule has 1 aromatic heterocycles. The standard InChI is InChI=1S/C20H19NO3/c1-13(2)24-17-5-3-4-15(11-17)19-12-16-10-14(7-9-20(22)23)6-8-18(16)21-19/h3-13,21H,1-2H3,(H,22,23)/b9-7+. The van der Waals surface area contributed by atoms with Gasteiger partial charge in [-0.1, -0.05) is 18.2 Å². The van der Waals surface area contributed by atoms with Crippen molar-refractivity contribution in [2.75, 3.05) is 0 Å². The highest BCUT2D eigenvalue weighted by Gasteiger charge is 2.06. The van der Waals surface area contributed by atoms with E-state index in [9.17, 15) is 4.79 Å². The van der Waals surface area contributed by atoms with E-state index < -0.39 is 5.97 Å². The van der Waals surface area contributed by atoms with Gasteiger partial charge in [-0.05, 0) is 55.8 Å². The number of ether oxygens (including phenoxy) is 1. The number of benzene rings is 2. The van der Waals surface area contributed by atoms with E-state index in [4.69, 9.17) is 9.84 Å². The van der Waals surface area contributed by atoms with E-state index in [2.05, 4.69) is 11.1 Å². The maximum atomic E-state index is 10.6. The molecule has 0 fully saturated rings. The number of rotatable bonds is 5. The molecule has 24 heavy (non-hydrogen) atoms. The van der Waals surface area contributed by atoms with Gasteiger partial charge in [0.15, 0.2) is 0 Å². The number of aliphatic carboxylic acids is 1. The van der Waals surface area contributed by atoms with Crippen LogP contribution in [0.2, 0.25) is 0 Å². The molecule has 0 amide bonds. The normalized spacial score (nSPS) is 11.5. The van der Waals surface area contributed by atoms with Crippen LogP contribution in [-0.4, -0.2) is 22.2 Å². The minimum Gasteiger partial charge on any atom is -0.491 e. The summed E-state index contributed by atoms with van der Waals surface area (Å²) >= 11 is 0. The third-order valence-corrected chi connectivity index (χ3v) is 3.58. The summed E-state index contributed by atoms with van der Waals surface area (Å²) in [5.74, 6) is -0.113. The Morgan fingerprint density at radius 2 is 2.00 bits per heavy atom. The highest BCUT2D eigenvalue weighted by atomic mass is 16.5. The van der Waals surface area contributed by atoms with Gasteiger partial charge in [-0.2, -0.15) is 0 Å². The average Bonchev–Trinajstić information content (AvgIpc) is 2.95. The molecule has 2 N–H and O–H groups in total. The molecule has 0 radical (unpaired) electrons. The number of nitrogens with one attached hydrogen (secondary N) is 1. The molecule has 0 saturated carbocycles. The third kappa shape index (κ3) is 3.66. The minimum atomic E-state index is -0.952. The van der Waals surface area contributed by atoms with E-state index in [0.29, 0.717) is 0 Å². The molecule has 0 aliphatic rings. The molecular weight excluding hydrogens is 302 g/mol. The Morgan fingerprint density at radius 3 is 2.75 bits per heavy atom. The second-order valence-electron chi connectivity index (χ2n) is 5.90. The van der Waals surface area contributed by atoms with Crippen molar-refractivity contribution in [2.24, 2.45) is 0 Å². The van der Waals surface area contributed by atoms with Gasteiger partial charge in [-0.25, -0.2) is 4.79 Å². The summed E-state index contributed by atoms with van der Waals surface area (Å²) in [4.78, 5) is 14.0.